The molecule has 0 bridgehead atoms. The topological polar surface area (TPSA) is 70.7 Å². The van der Waals surface area contributed by atoms with Gasteiger partial charge in [-0.1, -0.05) is 68.4 Å². The number of esters is 1. The van der Waals surface area contributed by atoms with Crippen molar-refractivity contribution in [3.05, 3.63) is 82.6 Å². The summed E-state index contributed by atoms with van der Waals surface area (Å²) < 4.78 is 5.08. The molecule has 0 saturated heterocycles. The number of nitrogens with one attached hydrogen (secondary N) is 2. The number of hydrogen-bond acceptors (Lipinski definition) is 4. The van der Waals surface area contributed by atoms with E-state index in [2.05, 4.69) is 41.5 Å². The number of amides is 2. The standard InChI is InChI=1S/C24H29N3O3/c1-4-17-11-13-19(14-12-17)22-21(23(28)30-3)20(25-24(29)26-22)16-27(5-2)15-18-9-7-6-8-10-18/h6-14,22H,4-5,15-16H2,1-3H3,(H2,25,26,29)/t22-/m1/s1. The summed E-state index contributed by atoms with van der Waals surface area (Å²) in [4.78, 5) is 27.3. The fraction of sp³-hybridized carbons (Fsp3) is 0.333. The zero-order valence-electron chi connectivity index (χ0n) is 17.8. The molecule has 158 valence electrons. The van der Waals surface area contributed by atoms with Crippen LogP contribution in [0.1, 0.15) is 36.6 Å². The molecule has 1 aliphatic heterocycles. The molecule has 0 fully saturated rings. The van der Waals surface area contributed by atoms with Crippen molar-refractivity contribution in [1.29, 1.82) is 0 Å². The molecule has 0 unspecified atom stereocenters. The van der Waals surface area contributed by atoms with E-state index in [-0.39, 0.29) is 6.03 Å². The molecule has 30 heavy (non-hydrogen) atoms. The second kappa shape index (κ2) is 10.1. The largest absolute Gasteiger partial charge is 0.466 e. The van der Waals surface area contributed by atoms with Crippen LogP contribution in [0.4, 0.5) is 4.79 Å². The fourth-order valence-corrected chi connectivity index (χ4v) is 3.63. The SMILES string of the molecule is CCc1ccc([C@H]2NC(=O)NC(CN(CC)Cc3ccccc3)=C2C(=O)OC)cc1. The number of methoxy groups -OCH3 is 1. The molecule has 2 N–H and O–H groups in total. The first-order valence-corrected chi connectivity index (χ1v) is 10.3. The van der Waals surface area contributed by atoms with Crippen molar-refractivity contribution in [2.24, 2.45) is 0 Å². The van der Waals surface area contributed by atoms with Crippen molar-refractivity contribution in [3.63, 3.8) is 0 Å². The molecule has 1 aliphatic rings. The number of urea groups is 1. The molecule has 2 amide bonds. The smallest absolute Gasteiger partial charge is 0.338 e. The van der Waals surface area contributed by atoms with Crippen LogP contribution in [0.25, 0.3) is 0 Å². The van der Waals surface area contributed by atoms with Crippen LogP contribution in [0.5, 0.6) is 0 Å². The zero-order valence-corrected chi connectivity index (χ0v) is 17.8. The van der Waals surface area contributed by atoms with Gasteiger partial charge in [-0.15, -0.1) is 0 Å². The molecule has 0 radical (unpaired) electrons. The van der Waals surface area contributed by atoms with E-state index in [9.17, 15) is 9.59 Å². The Kier molecular flexibility index (Phi) is 7.25. The maximum absolute atomic E-state index is 12.7. The molecule has 1 atom stereocenters. The van der Waals surface area contributed by atoms with Gasteiger partial charge in [-0.3, -0.25) is 4.90 Å². The van der Waals surface area contributed by atoms with Crippen LogP contribution < -0.4 is 10.6 Å². The van der Waals surface area contributed by atoms with Crippen molar-refractivity contribution in [1.82, 2.24) is 15.5 Å². The van der Waals surface area contributed by atoms with E-state index in [0.717, 1.165) is 18.5 Å². The van der Waals surface area contributed by atoms with Crippen molar-refractivity contribution >= 4 is 12.0 Å². The highest BCUT2D eigenvalue weighted by atomic mass is 16.5. The van der Waals surface area contributed by atoms with Crippen LogP contribution >= 0.6 is 0 Å². The van der Waals surface area contributed by atoms with Crippen molar-refractivity contribution in [2.75, 3.05) is 20.2 Å². The van der Waals surface area contributed by atoms with E-state index in [1.165, 1.54) is 18.2 Å². The maximum atomic E-state index is 12.7. The fourth-order valence-electron chi connectivity index (χ4n) is 3.63. The molecule has 0 aromatic heterocycles. The minimum absolute atomic E-state index is 0.321. The number of aryl methyl sites for hydroxylation is 1. The summed E-state index contributed by atoms with van der Waals surface area (Å²) in [5.74, 6) is -0.446. The number of likely N-dealkylation sites (N-methyl/N-ethyl adjacent to an activating group) is 1. The minimum atomic E-state index is -0.553. The van der Waals surface area contributed by atoms with Crippen molar-refractivity contribution in [2.45, 2.75) is 32.9 Å². The summed E-state index contributed by atoms with van der Waals surface area (Å²) in [6, 6.07) is 17.2. The van der Waals surface area contributed by atoms with Crippen molar-refractivity contribution in [3.8, 4) is 0 Å². The number of carbonyl (C=O) groups is 2. The molecule has 0 aliphatic carbocycles. The molecule has 2 aromatic carbocycles. The van der Waals surface area contributed by atoms with Gasteiger partial charge in [0, 0.05) is 18.8 Å². The monoisotopic (exact) mass is 407 g/mol. The lowest BCUT2D eigenvalue weighted by Gasteiger charge is -2.31. The van der Waals surface area contributed by atoms with Gasteiger partial charge in [-0.2, -0.15) is 0 Å². The highest BCUT2D eigenvalue weighted by Crippen LogP contribution is 2.28. The first kappa shape index (κ1) is 21.6. The van der Waals surface area contributed by atoms with Gasteiger partial charge in [0.2, 0.25) is 0 Å². The second-order valence-corrected chi connectivity index (χ2v) is 7.30. The van der Waals surface area contributed by atoms with Gasteiger partial charge in [0.1, 0.15) is 0 Å². The van der Waals surface area contributed by atoms with Gasteiger partial charge in [0.05, 0.1) is 18.7 Å². The van der Waals surface area contributed by atoms with E-state index in [4.69, 9.17) is 4.74 Å². The predicted molar refractivity (Wildman–Crippen MR) is 117 cm³/mol. The zero-order chi connectivity index (χ0) is 21.5. The van der Waals surface area contributed by atoms with Gasteiger partial charge >= 0.3 is 12.0 Å². The van der Waals surface area contributed by atoms with Gasteiger partial charge in [-0.25, -0.2) is 9.59 Å². The van der Waals surface area contributed by atoms with E-state index in [1.54, 1.807) is 0 Å². The maximum Gasteiger partial charge on any atom is 0.338 e. The van der Waals surface area contributed by atoms with Crippen LogP contribution in [0, 0.1) is 0 Å². The van der Waals surface area contributed by atoms with Crippen LogP contribution in [-0.2, 0) is 22.5 Å². The quantitative estimate of drug-likeness (QED) is 0.657. The van der Waals surface area contributed by atoms with Crippen LogP contribution in [0.2, 0.25) is 0 Å². The third-order valence-corrected chi connectivity index (χ3v) is 5.36. The lowest BCUT2D eigenvalue weighted by atomic mass is 9.94. The summed E-state index contributed by atoms with van der Waals surface area (Å²) in [6.45, 7) is 6.07. The molecule has 0 saturated carbocycles. The molecule has 6 nitrogen and oxygen atoms in total. The van der Waals surface area contributed by atoms with Gasteiger partial charge in [-0.05, 0) is 29.7 Å². The molecule has 0 spiro atoms. The Balaban J connectivity index is 1.94. The van der Waals surface area contributed by atoms with E-state index in [0.29, 0.717) is 24.4 Å². The Morgan fingerprint density at radius 3 is 2.30 bits per heavy atom. The molecular weight excluding hydrogens is 378 g/mol. The molecule has 2 aromatic rings. The van der Waals surface area contributed by atoms with E-state index < -0.39 is 12.0 Å². The van der Waals surface area contributed by atoms with Crippen LogP contribution in [-0.4, -0.2) is 37.1 Å². The minimum Gasteiger partial charge on any atom is -0.466 e. The van der Waals surface area contributed by atoms with Crippen molar-refractivity contribution < 1.29 is 14.3 Å². The number of rotatable bonds is 8. The highest BCUT2D eigenvalue weighted by molar-refractivity contribution is 5.95. The average Bonchev–Trinajstić information content (AvgIpc) is 2.78. The molecule has 3 rings (SSSR count). The summed E-state index contributed by atoms with van der Waals surface area (Å²) in [7, 11) is 1.36. The highest BCUT2D eigenvalue weighted by Gasteiger charge is 2.33. The number of benzene rings is 2. The van der Waals surface area contributed by atoms with Gasteiger partial charge in [0.15, 0.2) is 0 Å². The van der Waals surface area contributed by atoms with E-state index >= 15 is 0 Å². The Morgan fingerprint density at radius 2 is 1.70 bits per heavy atom. The van der Waals surface area contributed by atoms with Crippen LogP contribution in [0.15, 0.2) is 65.9 Å². The third-order valence-electron chi connectivity index (χ3n) is 5.36. The van der Waals surface area contributed by atoms with E-state index in [1.807, 2.05) is 42.5 Å². The number of hydrogen-bond donors (Lipinski definition) is 2. The summed E-state index contributed by atoms with van der Waals surface area (Å²) in [6.07, 6.45) is 0.925. The Hall–Kier alpha value is -3.12. The van der Waals surface area contributed by atoms with Gasteiger partial charge < -0.3 is 15.4 Å². The first-order valence-electron chi connectivity index (χ1n) is 10.3. The Labute approximate surface area is 177 Å². The first-order chi connectivity index (χ1) is 14.5. The third kappa shape index (κ3) is 5.07. The lowest BCUT2D eigenvalue weighted by Crippen LogP contribution is -2.48. The Morgan fingerprint density at radius 1 is 1.00 bits per heavy atom. The molecular formula is C24H29N3O3. The van der Waals surface area contributed by atoms with Gasteiger partial charge in [0.25, 0.3) is 0 Å². The normalized spacial score (nSPS) is 16.3. The second-order valence-electron chi connectivity index (χ2n) is 7.30. The lowest BCUT2D eigenvalue weighted by molar-refractivity contribution is -0.136. The number of carbonyl (C=O) groups excluding carboxylic acids is 2. The molecule has 6 heteroatoms. The van der Waals surface area contributed by atoms with Crippen LogP contribution in [0.3, 0.4) is 0 Å². The average molecular weight is 408 g/mol. The summed E-state index contributed by atoms with van der Waals surface area (Å²) in [5, 5.41) is 5.72. The summed E-state index contributed by atoms with van der Waals surface area (Å²) >= 11 is 0. The summed E-state index contributed by atoms with van der Waals surface area (Å²) in [5.41, 5.74) is 4.24. The number of nitrogens with zero attached hydrogens (tertiary/aromatic N) is 1. The molecule has 1 heterocycles. The predicted octanol–water partition coefficient (Wildman–Crippen LogP) is 3.55. The number of ether oxygens (including phenoxy) is 1. The Bertz CT molecular complexity index is 907.